The largest absolute Gasteiger partial charge is 0.302 e. The monoisotopic (exact) mass is 166 g/mol. The zero-order valence-electron chi connectivity index (χ0n) is 5.21. The highest BCUT2D eigenvalue weighted by Gasteiger charge is 2.30. The van der Waals surface area contributed by atoms with Crippen molar-refractivity contribution in [1.29, 1.82) is 0 Å². The molecule has 0 saturated heterocycles. The third kappa shape index (κ3) is 2.06. The van der Waals surface area contributed by atoms with Gasteiger partial charge in [-0.05, 0) is 5.92 Å². The van der Waals surface area contributed by atoms with Crippen molar-refractivity contribution in [3.8, 4) is 0 Å². The van der Waals surface area contributed by atoms with Crippen LogP contribution in [0.25, 0.3) is 0 Å². The quantitative estimate of drug-likeness (QED) is 0.553. The maximum atomic E-state index is 11.8. The molecule has 1 aliphatic rings. The minimum atomic E-state index is -4.36. The van der Waals surface area contributed by atoms with Crippen molar-refractivity contribution in [1.82, 2.24) is 0 Å². The van der Waals surface area contributed by atoms with E-state index in [1.807, 2.05) is 0 Å². The molecular weight excluding hydrogens is 159 g/mol. The Labute approximate surface area is 58.4 Å². The Balaban J connectivity index is 2.36. The van der Waals surface area contributed by atoms with E-state index in [9.17, 15) is 17.1 Å². The van der Waals surface area contributed by atoms with Gasteiger partial charge in [-0.3, -0.25) is 4.79 Å². The Morgan fingerprint density at radius 3 is 2.30 bits per heavy atom. The molecule has 0 N–H and O–H groups in total. The average molecular weight is 166 g/mol. The summed E-state index contributed by atoms with van der Waals surface area (Å²) in [5.41, 5.74) is 0. The number of hydrogen-bond acceptors (Lipinski definition) is 3. The Morgan fingerprint density at radius 1 is 1.50 bits per heavy atom. The highest BCUT2D eigenvalue weighted by Crippen LogP contribution is 2.24. The number of halogens is 1. The van der Waals surface area contributed by atoms with Gasteiger partial charge in [0.25, 0.3) is 0 Å². The standard InChI is InChI=1S/C5H7FO3S/c6-10(8,9)3-4-1-5(7)2-4/h4H,1-3H2. The summed E-state index contributed by atoms with van der Waals surface area (Å²) >= 11 is 0. The van der Waals surface area contributed by atoms with Crippen LogP contribution in [0.5, 0.6) is 0 Å². The molecule has 10 heavy (non-hydrogen) atoms. The molecular formula is C5H7FO3S. The predicted molar refractivity (Wildman–Crippen MR) is 32.6 cm³/mol. The molecule has 0 spiro atoms. The first-order valence-electron chi connectivity index (χ1n) is 2.91. The van der Waals surface area contributed by atoms with Crippen molar-refractivity contribution in [3.63, 3.8) is 0 Å². The van der Waals surface area contributed by atoms with Crippen LogP contribution >= 0.6 is 0 Å². The number of hydrogen-bond donors (Lipinski definition) is 0. The third-order valence-corrected chi connectivity index (χ3v) is 2.34. The molecule has 5 heteroatoms. The zero-order valence-corrected chi connectivity index (χ0v) is 6.03. The highest BCUT2D eigenvalue weighted by atomic mass is 32.3. The molecule has 1 aliphatic carbocycles. The Kier molecular flexibility index (Phi) is 1.76. The van der Waals surface area contributed by atoms with Crippen molar-refractivity contribution in [2.24, 2.45) is 5.92 Å². The van der Waals surface area contributed by atoms with Gasteiger partial charge in [0.15, 0.2) is 0 Å². The van der Waals surface area contributed by atoms with Crippen LogP contribution in [-0.2, 0) is 15.0 Å². The first-order chi connectivity index (χ1) is 4.47. The van der Waals surface area contributed by atoms with Crippen molar-refractivity contribution < 1.29 is 17.1 Å². The Morgan fingerprint density at radius 2 is 2.00 bits per heavy atom. The van der Waals surface area contributed by atoms with E-state index in [2.05, 4.69) is 0 Å². The molecule has 0 aromatic heterocycles. The summed E-state index contributed by atoms with van der Waals surface area (Å²) in [5.74, 6) is -0.727. The van der Waals surface area contributed by atoms with Crippen molar-refractivity contribution in [2.75, 3.05) is 5.75 Å². The van der Waals surface area contributed by atoms with Gasteiger partial charge in [-0.15, -0.1) is 3.89 Å². The molecule has 58 valence electrons. The maximum Gasteiger partial charge on any atom is 0.302 e. The minimum absolute atomic E-state index is 0.0219. The van der Waals surface area contributed by atoms with Crippen molar-refractivity contribution in [3.05, 3.63) is 0 Å². The summed E-state index contributed by atoms with van der Waals surface area (Å²) in [7, 11) is -4.36. The van der Waals surface area contributed by atoms with Crippen LogP contribution < -0.4 is 0 Å². The molecule has 0 aromatic carbocycles. The SMILES string of the molecule is O=C1CC(CS(=O)(=O)F)C1. The second-order valence-corrected chi connectivity index (χ2v) is 3.93. The number of carbonyl (C=O) groups is 1. The molecule has 0 amide bonds. The van der Waals surface area contributed by atoms with Crippen LogP contribution in [0.4, 0.5) is 3.89 Å². The lowest BCUT2D eigenvalue weighted by Gasteiger charge is -2.21. The molecule has 0 aliphatic heterocycles. The predicted octanol–water partition coefficient (Wildman–Crippen LogP) is 0.265. The normalized spacial score (nSPS) is 20.7. The average Bonchev–Trinajstić information content (AvgIpc) is 1.57. The van der Waals surface area contributed by atoms with Crippen LogP contribution in [0.1, 0.15) is 12.8 Å². The summed E-state index contributed by atoms with van der Waals surface area (Å²) in [6.07, 6.45) is 0.451. The third-order valence-electron chi connectivity index (χ3n) is 1.47. The Bertz CT molecular complexity index is 236. The van der Waals surface area contributed by atoms with Gasteiger partial charge in [-0.25, -0.2) is 0 Å². The lowest BCUT2D eigenvalue weighted by atomic mass is 9.86. The van der Waals surface area contributed by atoms with Gasteiger partial charge >= 0.3 is 10.2 Å². The molecule has 1 fully saturated rings. The lowest BCUT2D eigenvalue weighted by Crippen LogP contribution is -2.28. The van der Waals surface area contributed by atoms with Crippen LogP contribution in [0.3, 0.4) is 0 Å². The van der Waals surface area contributed by atoms with Crippen LogP contribution in [0, 0.1) is 5.92 Å². The number of carbonyl (C=O) groups excluding carboxylic acids is 1. The van der Waals surface area contributed by atoms with Gasteiger partial charge in [0, 0.05) is 12.8 Å². The summed E-state index contributed by atoms with van der Waals surface area (Å²) in [5, 5.41) is 0. The van der Waals surface area contributed by atoms with Gasteiger partial charge in [-0.1, -0.05) is 0 Å². The van der Waals surface area contributed by atoms with Gasteiger partial charge in [0.05, 0.1) is 5.75 Å². The van der Waals surface area contributed by atoms with Crippen molar-refractivity contribution in [2.45, 2.75) is 12.8 Å². The van der Waals surface area contributed by atoms with E-state index in [1.54, 1.807) is 0 Å². The molecule has 0 unspecified atom stereocenters. The zero-order chi connectivity index (χ0) is 7.78. The summed E-state index contributed by atoms with van der Waals surface area (Å²) in [6, 6.07) is 0. The second-order valence-electron chi connectivity index (χ2n) is 2.52. The van der Waals surface area contributed by atoms with Crippen LogP contribution in [0.15, 0.2) is 0 Å². The van der Waals surface area contributed by atoms with Gasteiger partial charge < -0.3 is 0 Å². The van der Waals surface area contributed by atoms with E-state index in [1.165, 1.54) is 0 Å². The number of rotatable bonds is 2. The lowest BCUT2D eigenvalue weighted by molar-refractivity contribution is -0.126. The molecule has 0 radical (unpaired) electrons. The minimum Gasteiger partial charge on any atom is -0.300 e. The van der Waals surface area contributed by atoms with E-state index in [4.69, 9.17) is 0 Å². The molecule has 0 bridgehead atoms. The second kappa shape index (κ2) is 2.30. The summed E-state index contributed by atoms with van der Waals surface area (Å²) in [4.78, 5) is 10.3. The van der Waals surface area contributed by atoms with Crippen LogP contribution in [0.2, 0.25) is 0 Å². The topological polar surface area (TPSA) is 51.2 Å². The van der Waals surface area contributed by atoms with E-state index in [0.717, 1.165) is 0 Å². The fourth-order valence-corrected chi connectivity index (χ4v) is 1.78. The molecule has 0 atom stereocenters. The van der Waals surface area contributed by atoms with Crippen molar-refractivity contribution >= 4 is 16.0 Å². The fourth-order valence-electron chi connectivity index (χ4n) is 0.984. The molecule has 1 rings (SSSR count). The summed E-state index contributed by atoms with van der Waals surface area (Å²) < 4.78 is 31.8. The van der Waals surface area contributed by atoms with Gasteiger partial charge in [0.1, 0.15) is 5.78 Å². The highest BCUT2D eigenvalue weighted by molar-refractivity contribution is 7.86. The number of Topliss-reactive ketones (excluding diaryl/α,β-unsaturated/α-hetero) is 1. The van der Waals surface area contributed by atoms with E-state index < -0.39 is 16.0 Å². The molecule has 3 nitrogen and oxygen atoms in total. The van der Waals surface area contributed by atoms with E-state index in [0.29, 0.717) is 0 Å². The van der Waals surface area contributed by atoms with E-state index in [-0.39, 0.29) is 24.5 Å². The fraction of sp³-hybridized carbons (Fsp3) is 0.800. The molecule has 1 saturated carbocycles. The maximum absolute atomic E-state index is 11.8. The summed E-state index contributed by atoms with van der Waals surface area (Å²) in [6.45, 7) is 0. The number of ketones is 1. The van der Waals surface area contributed by atoms with Gasteiger partial charge in [0.2, 0.25) is 0 Å². The smallest absolute Gasteiger partial charge is 0.300 e. The first kappa shape index (κ1) is 7.65. The molecule has 0 heterocycles. The molecule has 0 aromatic rings. The van der Waals surface area contributed by atoms with Gasteiger partial charge in [-0.2, -0.15) is 8.42 Å². The van der Waals surface area contributed by atoms with E-state index >= 15 is 0 Å². The Hall–Kier alpha value is -0.450. The first-order valence-corrected chi connectivity index (χ1v) is 4.46. The van der Waals surface area contributed by atoms with Crippen LogP contribution in [-0.4, -0.2) is 20.0 Å².